The van der Waals surface area contributed by atoms with Crippen molar-refractivity contribution in [3.63, 3.8) is 0 Å². The summed E-state index contributed by atoms with van der Waals surface area (Å²) in [6, 6.07) is 0. The molecular formula is C14H24NO4+. The molecule has 5 heteroatoms. The van der Waals surface area contributed by atoms with E-state index in [0.29, 0.717) is 6.61 Å². The number of nitrogens with zero attached hydrogens (tertiary/aromatic N) is 1. The molecule has 0 aliphatic heterocycles. The molecule has 0 N–H and O–H groups in total. The van der Waals surface area contributed by atoms with Crippen molar-refractivity contribution in [1.29, 1.82) is 0 Å². The van der Waals surface area contributed by atoms with Gasteiger partial charge in [0.2, 0.25) is 0 Å². The molecule has 0 aromatic rings. The molecule has 0 aliphatic carbocycles. The Labute approximate surface area is 115 Å². The second-order valence-electron chi connectivity index (χ2n) is 4.75. The fraction of sp³-hybridized carbons (Fsp3) is 0.571. The van der Waals surface area contributed by atoms with Crippen molar-refractivity contribution in [2.24, 2.45) is 0 Å². The standard InChI is InChI=1S/C14H24NO4/c1-5-11-18-13(16)8-9-14(17)19-12-7-10-15(3,4)6-2/h5,8-9H,1,6-7,10-12H2,2-4H3/q+1. The van der Waals surface area contributed by atoms with Gasteiger partial charge in [-0.15, -0.1) is 0 Å². The summed E-state index contributed by atoms with van der Waals surface area (Å²) in [5, 5.41) is 0. The first-order valence-corrected chi connectivity index (χ1v) is 6.36. The van der Waals surface area contributed by atoms with Crippen LogP contribution in [0, 0.1) is 0 Å². The highest BCUT2D eigenvalue weighted by Crippen LogP contribution is 1.98. The number of ether oxygens (including phenoxy) is 2. The van der Waals surface area contributed by atoms with Crippen LogP contribution >= 0.6 is 0 Å². The highest BCUT2D eigenvalue weighted by atomic mass is 16.5. The van der Waals surface area contributed by atoms with Gasteiger partial charge in [0, 0.05) is 18.6 Å². The van der Waals surface area contributed by atoms with E-state index in [4.69, 9.17) is 4.74 Å². The number of hydrogen-bond donors (Lipinski definition) is 0. The van der Waals surface area contributed by atoms with Gasteiger partial charge in [-0.25, -0.2) is 9.59 Å². The zero-order chi connectivity index (χ0) is 14.7. The number of esters is 2. The highest BCUT2D eigenvalue weighted by Gasteiger charge is 2.11. The average Bonchev–Trinajstić information content (AvgIpc) is 2.39. The number of carbonyl (C=O) groups excluding carboxylic acids is 2. The van der Waals surface area contributed by atoms with E-state index in [9.17, 15) is 9.59 Å². The quantitative estimate of drug-likeness (QED) is 0.208. The summed E-state index contributed by atoms with van der Waals surface area (Å²) < 4.78 is 10.5. The Hall–Kier alpha value is -1.62. The van der Waals surface area contributed by atoms with Gasteiger partial charge in [0.1, 0.15) is 6.61 Å². The minimum Gasteiger partial charge on any atom is -0.462 e. The van der Waals surface area contributed by atoms with E-state index in [1.807, 2.05) is 0 Å². The molecule has 0 unspecified atom stereocenters. The van der Waals surface area contributed by atoms with E-state index in [1.54, 1.807) is 0 Å². The molecule has 5 nitrogen and oxygen atoms in total. The van der Waals surface area contributed by atoms with Gasteiger partial charge in [-0.2, -0.15) is 0 Å². The normalized spacial score (nSPS) is 11.3. The Bertz CT molecular complexity index is 334. The van der Waals surface area contributed by atoms with E-state index in [0.717, 1.165) is 36.1 Å². The van der Waals surface area contributed by atoms with Crippen LogP contribution in [0.5, 0.6) is 0 Å². The van der Waals surface area contributed by atoms with Crippen LogP contribution in [-0.4, -0.2) is 56.8 Å². The molecule has 0 atom stereocenters. The maximum atomic E-state index is 11.3. The van der Waals surface area contributed by atoms with Crippen molar-refractivity contribution < 1.29 is 23.5 Å². The maximum absolute atomic E-state index is 11.3. The molecule has 0 fully saturated rings. The average molecular weight is 270 g/mol. The van der Waals surface area contributed by atoms with Crippen LogP contribution in [-0.2, 0) is 19.1 Å². The van der Waals surface area contributed by atoms with Crippen LogP contribution in [0.4, 0.5) is 0 Å². The van der Waals surface area contributed by atoms with E-state index in [1.165, 1.54) is 6.08 Å². The zero-order valence-corrected chi connectivity index (χ0v) is 12.1. The fourth-order valence-electron chi connectivity index (χ4n) is 1.20. The lowest BCUT2D eigenvalue weighted by atomic mass is 10.3. The molecule has 0 aromatic carbocycles. The van der Waals surface area contributed by atoms with Crippen molar-refractivity contribution in [3.05, 3.63) is 24.8 Å². The van der Waals surface area contributed by atoms with Crippen molar-refractivity contribution >= 4 is 11.9 Å². The Morgan fingerprint density at radius 3 is 2.26 bits per heavy atom. The fourth-order valence-corrected chi connectivity index (χ4v) is 1.20. The molecule has 19 heavy (non-hydrogen) atoms. The Morgan fingerprint density at radius 1 is 1.16 bits per heavy atom. The first kappa shape index (κ1) is 17.4. The molecule has 0 rings (SSSR count). The Balaban J connectivity index is 3.78. The first-order valence-electron chi connectivity index (χ1n) is 6.36. The van der Waals surface area contributed by atoms with Gasteiger partial charge < -0.3 is 14.0 Å². The van der Waals surface area contributed by atoms with Gasteiger partial charge in [-0.3, -0.25) is 0 Å². The van der Waals surface area contributed by atoms with Crippen molar-refractivity contribution in [2.75, 3.05) is 40.4 Å². The molecule has 0 heterocycles. The second-order valence-corrected chi connectivity index (χ2v) is 4.75. The van der Waals surface area contributed by atoms with E-state index >= 15 is 0 Å². The molecule has 0 radical (unpaired) electrons. The third-order valence-electron chi connectivity index (χ3n) is 2.71. The van der Waals surface area contributed by atoms with Gasteiger partial charge >= 0.3 is 11.9 Å². The lowest BCUT2D eigenvalue weighted by Gasteiger charge is -2.27. The number of hydrogen-bond acceptors (Lipinski definition) is 4. The van der Waals surface area contributed by atoms with E-state index in [-0.39, 0.29) is 6.61 Å². The van der Waals surface area contributed by atoms with E-state index in [2.05, 4.69) is 32.3 Å². The van der Waals surface area contributed by atoms with Crippen LogP contribution in [0.3, 0.4) is 0 Å². The van der Waals surface area contributed by atoms with Crippen LogP contribution < -0.4 is 0 Å². The number of rotatable bonds is 9. The Kier molecular flexibility index (Phi) is 8.53. The summed E-state index contributed by atoms with van der Waals surface area (Å²) in [6.07, 6.45) is 4.38. The first-order chi connectivity index (χ1) is 8.91. The van der Waals surface area contributed by atoms with Gasteiger partial charge in [-0.1, -0.05) is 12.7 Å². The monoisotopic (exact) mass is 270 g/mol. The molecule has 108 valence electrons. The van der Waals surface area contributed by atoms with Crippen LogP contribution in [0.15, 0.2) is 24.8 Å². The third-order valence-corrected chi connectivity index (χ3v) is 2.71. The van der Waals surface area contributed by atoms with Crippen molar-refractivity contribution in [3.8, 4) is 0 Å². The van der Waals surface area contributed by atoms with Gasteiger partial charge in [0.15, 0.2) is 0 Å². The molecule has 0 saturated carbocycles. The third kappa shape index (κ3) is 10.0. The second kappa shape index (κ2) is 9.33. The van der Waals surface area contributed by atoms with Gasteiger partial charge in [0.25, 0.3) is 0 Å². The molecule has 0 saturated heterocycles. The zero-order valence-electron chi connectivity index (χ0n) is 12.1. The predicted molar refractivity (Wildman–Crippen MR) is 73.4 cm³/mol. The van der Waals surface area contributed by atoms with Crippen LogP contribution in [0.1, 0.15) is 13.3 Å². The summed E-state index contributed by atoms with van der Waals surface area (Å²) >= 11 is 0. The summed E-state index contributed by atoms with van der Waals surface area (Å²) in [7, 11) is 4.24. The topological polar surface area (TPSA) is 52.6 Å². The molecule has 0 spiro atoms. The smallest absolute Gasteiger partial charge is 0.331 e. The summed E-state index contributed by atoms with van der Waals surface area (Å²) in [5.41, 5.74) is 0. The van der Waals surface area contributed by atoms with Gasteiger partial charge in [0.05, 0.1) is 33.8 Å². The van der Waals surface area contributed by atoms with Crippen LogP contribution in [0.2, 0.25) is 0 Å². The van der Waals surface area contributed by atoms with Crippen molar-refractivity contribution in [1.82, 2.24) is 0 Å². The summed E-state index contributed by atoms with van der Waals surface area (Å²) in [4.78, 5) is 22.3. The molecule has 0 aliphatic rings. The molecular weight excluding hydrogens is 246 g/mol. The molecule has 0 bridgehead atoms. The highest BCUT2D eigenvalue weighted by molar-refractivity contribution is 5.91. The van der Waals surface area contributed by atoms with Crippen molar-refractivity contribution in [2.45, 2.75) is 13.3 Å². The summed E-state index contributed by atoms with van der Waals surface area (Å²) in [5.74, 6) is -1.11. The van der Waals surface area contributed by atoms with Crippen LogP contribution in [0.25, 0.3) is 0 Å². The minimum atomic E-state index is -0.583. The largest absolute Gasteiger partial charge is 0.462 e. The number of carbonyl (C=O) groups is 2. The lowest BCUT2D eigenvalue weighted by molar-refractivity contribution is -0.888. The lowest BCUT2D eigenvalue weighted by Crippen LogP contribution is -2.40. The molecule has 0 aromatic heterocycles. The van der Waals surface area contributed by atoms with E-state index < -0.39 is 11.9 Å². The van der Waals surface area contributed by atoms with Gasteiger partial charge in [-0.05, 0) is 6.92 Å². The predicted octanol–water partition coefficient (Wildman–Crippen LogP) is 1.30. The molecule has 0 amide bonds. The number of quaternary nitrogens is 1. The summed E-state index contributed by atoms with van der Waals surface area (Å²) in [6.45, 7) is 7.98. The minimum absolute atomic E-state index is 0.127. The SMILES string of the molecule is C=CCOC(=O)C=CC(=O)OCCC[N+](C)(C)CC. The Morgan fingerprint density at radius 2 is 1.74 bits per heavy atom. The maximum Gasteiger partial charge on any atom is 0.331 e.